The molecule has 0 heterocycles. The van der Waals surface area contributed by atoms with Crippen LogP contribution in [0.5, 0.6) is 0 Å². The van der Waals surface area contributed by atoms with Gasteiger partial charge in [0.05, 0.1) is 17.8 Å². The van der Waals surface area contributed by atoms with Gasteiger partial charge in [0.25, 0.3) is 0 Å². The topological polar surface area (TPSA) is 77.8 Å². The van der Waals surface area contributed by atoms with Gasteiger partial charge in [-0.05, 0) is 85.5 Å². The van der Waals surface area contributed by atoms with Crippen molar-refractivity contribution in [2.45, 2.75) is 110 Å². The largest absolute Gasteiger partial charge is 0.390 e. The minimum Gasteiger partial charge on any atom is -0.390 e. The number of aliphatic hydroxyl groups is 3. The fraction of sp³-hybridized carbons (Fsp3) is 0.889. The second kappa shape index (κ2) is 7.95. The first-order chi connectivity index (χ1) is 14.4. The Morgan fingerprint density at radius 3 is 2.48 bits per heavy atom. The van der Waals surface area contributed by atoms with Crippen molar-refractivity contribution in [3.8, 4) is 0 Å². The number of aliphatic hydroxyl groups excluding tert-OH is 2. The van der Waals surface area contributed by atoms with E-state index in [0.717, 1.165) is 32.1 Å². The van der Waals surface area contributed by atoms with E-state index in [-0.39, 0.29) is 16.7 Å². The zero-order chi connectivity index (χ0) is 22.8. The van der Waals surface area contributed by atoms with Crippen LogP contribution in [0.1, 0.15) is 92.4 Å². The SMILES string of the molecule is CC(C)CC(=O)C[C@@H](C)[C@H]1CC[C@H]2C3=CCC4C[C@@H](O)[C@@H](O)C[C@]4(C)[C@@]3(O)CC[C@]12C. The van der Waals surface area contributed by atoms with Crippen LogP contribution >= 0.6 is 0 Å². The van der Waals surface area contributed by atoms with Crippen LogP contribution in [0.25, 0.3) is 0 Å². The Hall–Kier alpha value is -0.710. The van der Waals surface area contributed by atoms with Crippen LogP contribution in [0.15, 0.2) is 11.6 Å². The van der Waals surface area contributed by atoms with Gasteiger partial charge < -0.3 is 15.3 Å². The molecule has 3 saturated carbocycles. The molecule has 176 valence electrons. The Morgan fingerprint density at radius 1 is 1.10 bits per heavy atom. The van der Waals surface area contributed by atoms with E-state index in [9.17, 15) is 20.1 Å². The van der Waals surface area contributed by atoms with Crippen LogP contribution in [-0.4, -0.2) is 38.9 Å². The minimum atomic E-state index is -0.882. The maximum absolute atomic E-state index is 12.5. The summed E-state index contributed by atoms with van der Waals surface area (Å²) < 4.78 is 0. The average Bonchev–Trinajstić information content (AvgIpc) is 3.01. The van der Waals surface area contributed by atoms with Crippen LogP contribution in [0, 0.1) is 40.4 Å². The Bertz CT molecular complexity index is 744. The molecular weight excluding hydrogens is 388 g/mol. The summed E-state index contributed by atoms with van der Waals surface area (Å²) >= 11 is 0. The molecule has 0 aromatic rings. The summed E-state index contributed by atoms with van der Waals surface area (Å²) in [5.41, 5.74) is 0.0821. The zero-order valence-corrected chi connectivity index (χ0v) is 20.2. The van der Waals surface area contributed by atoms with Crippen LogP contribution < -0.4 is 0 Å². The van der Waals surface area contributed by atoms with E-state index in [1.54, 1.807) is 0 Å². The first-order valence-corrected chi connectivity index (χ1v) is 12.7. The van der Waals surface area contributed by atoms with E-state index in [1.807, 2.05) is 0 Å². The monoisotopic (exact) mass is 432 g/mol. The first-order valence-electron chi connectivity index (χ1n) is 12.7. The quantitative estimate of drug-likeness (QED) is 0.553. The molecule has 4 aliphatic rings. The smallest absolute Gasteiger partial charge is 0.133 e. The second-order valence-corrected chi connectivity index (χ2v) is 12.5. The van der Waals surface area contributed by atoms with E-state index in [4.69, 9.17) is 0 Å². The van der Waals surface area contributed by atoms with Crippen molar-refractivity contribution >= 4 is 5.78 Å². The number of rotatable bonds is 5. The summed E-state index contributed by atoms with van der Waals surface area (Å²) in [5, 5.41) is 32.9. The number of carbonyl (C=O) groups is 1. The molecule has 4 heteroatoms. The molecular formula is C27H44O4. The van der Waals surface area contributed by atoms with E-state index < -0.39 is 17.8 Å². The summed E-state index contributed by atoms with van der Waals surface area (Å²) in [6, 6.07) is 0. The summed E-state index contributed by atoms with van der Waals surface area (Å²) in [4.78, 5) is 12.5. The molecule has 0 aliphatic heterocycles. The van der Waals surface area contributed by atoms with Gasteiger partial charge in [-0.25, -0.2) is 0 Å². The van der Waals surface area contributed by atoms with Crippen molar-refractivity contribution in [1.82, 2.24) is 0 Å². The number of hydrogen-bond donors (Lipinski definition) is 3. The lowest BCUT2D eigenvalue weighted by molar-refractivity contribution is -0.181. The molecule has 0 spiro atoms. The van der Waals surface area contributed by atoms with E-state index >= 15 is 0 Å². The van der Waals surface area contributed by atoms with Crippen LogP contribution in [0.3, 0.4) is 0 Å². The normalized spacial score (nSPS) is 47.9. The highest BCUT2D eigenvalue weighted by Crippen LogP contribution is 2.68. The van der Waals surface area contributed by atoms with Crippen molar-refractivity contribution in [2.24, 2.45) is 40.4 Å². The maximum atomic E-state index is 12.5. The molecule has 1 unspecified atom stereocenters. The molecule has 3 N–H and O–H groups in total. The van der Waals surface area contributed by atoms with Gasteiger partial charge in [0.15, 0.2) is 0 Å². The molecule has 31 heavy (non-hydrogen) atoms. The van der Waals surface area contributed by atoms with Crippen molar-refractivity contribution in [1.29, 1.82) is 0 Å². The number of ketones is 1. The fourth-order valence-electron chi connectivity index (χ4n) is 8.50. The first kappa shape index (κ1) is 23.4. The highest BCUT2D eigenvalue weighted by molar-refractivity contribution is 5.78. The van der Waals surface area contributed by atoms with Gasteiger partial charge >= 0.3 is 0 Å². The number of fused-ring (bicyclic) bond motifs is 5. The van der Waals surface area contributed by atoms with Crippen molar-refractivity contribution in [2.75, 3.05) is 0 Å². The van der Waals surface area contributed by atoms with E-state index in [0.29, 0.717) is 55.1 Å². The van der Waals surface area contributed by atoms with Crippen molar-refractivity contribution in [3.05, 3.63) is 11.6 Å². The lowest BCUT2D eigenvalue weighted by Gasteiger charge is -2.62. The summed E-state index contributed by atoms with van der Waals surface area (Å²) in [5.74, 6) is 2.29. The Labute approximate surface area is 188 Å². The number of Topliss-reactive ketones (excluding diaryl/α,β-unsaturated/α-hetero) is 1. The summed E-state index contributed by atoms with van der Waals surface area (Å²) in [6.45, 7) is 11.1. The lowest BCUT2D eigenvalue weighted by atomic mass is 9.45. The molecule has 3 fully saturated rings. The Morgan fingerprint density at radius 2 is 1.81 bits per heavy atom. The predicted octanol–water partition coefficient (Wildman–Crippen LogP) is 4.65. The Kier molecular flexibility index (Phi) is 6.02. The van der Waals surface area contributed by atoms with Crippen molar-refractivity contribution in [3.63, 3.8) is 0 Å². The van der Waals surface area contributed by atoms with Crippen LogP contribution in [0.2, 0.25) is 0 Å². The van der Waals surface area contributed by atoms with Crippen LogP contribution in [-0.2, 0) is 4.79 Å². The van der Waals surface area contributed by atoms with E-state index in [2.05, 4.69) is 40.7 Å². The molecule has 0 saturated heterocycles. The lowest BCUT2D eigenvalue weighted by Crippen LogP contribution is -2.63. The summed E-state index contributed by atoms with van der Waals surface area (Å²) in [6.07, 6.45) is 8.08. The second-order valence-electron chi connectivity index (χ2n) is 12.5. The third-order valence-corrected chi connectivity index (χ3v) is 10.2. The van der Waals surface area contributed by atoms with E-state index in [1.165, 1.54) is 5.57 Å². The predicted molar refractivity (Wildman–Crippen MR) is 122 cm³/mol. The van der Waals surface area contributed by atoms with Gasteiger partial charge in [0.2, 0.25) is 0 Å². The van der Waals surface area contributed by atoms with Gasteiger partial charge in [-0.1, -0.05) is 40.7 Å². The third-order valence-electron chi connectivity index (χ3n) is 10.2. The van der Waals surface area contributed by atoms with Gasteiger partial charge in [-0.3, -0.25) is 4.79 Å². The molecule has 0 amide bonds. The highest BCUT2D eigenvalue weighted by Gasteiger charge is 2.65. The number of hydrogen-bond acceptors (Lipinski definition) is 4. The van der Waals surface area contributed by atoms with Gasteiger partial charge in [0.1, 0.15) is 5.78 Å². The molecule has 0 aromatic heterocycles. The van der Waals surface area contributed by atoms with Crippen LogP contribution in [0.4, 0.5) is 0 Å². The Balaban J connectivity index is 1.58. The molecule has 0 bridgehead atoms. The third kappa shape index (κ3) is 3.56. The number of carbonyl (C=O) groups excluding carboxylic acids is 1. The summed E-state index contributed by atoms with van der Waals surface area (Å²) in [7, 11) is 0. The number of allylic oxidation sites excluding steroid dienone is 1. The molecule has 0 aromatic carbocycles. The molecule has 4 rings (SSSR count). The fourth-order valence-corrected chi connectivity index (χ4v) is 8.50. The molecule has 9 atom stereocenters. The van der Waals surface area contributed by atoms with Gasteiger partial charge in [-0.2, -0.15) is 0 Å². The average molecular weight is 433 g/mol. The maximum Gasteiger partial charge on any atom is 0.133 e. The molecule has 4 nitrogen and oxygen atoms in total. The zero-order valence-electron chi connectivity index (χ0n) is 20.2. The highest BCUT2D eigenvalue weighted by atomic mass is 16.3. The van der Waals surface area contributed by atoms with Crippen molar-refractivity contribution < 1.29 is 20.1 Å². The van der Waals surface area contributed by atoms with Gasteiger partial charge in [0, 0.05) is 18.3 Å². The standard InChI is InChI=1S/C27H44O4/c1-16(2)12-19(28)13-17(3)20-8-9-21-22-7-6-18-14-23(29)24(30)15-26(18,5)27(22,31)11-10-25(20,21)4/h7,16-18,20-21,23-24,29-31H,6,8-15H2,1-5H3/t17-,18?,20-,21+,23-,24+,25-,26+,27-/m1/s1. The molecule has 0 radical (unpaired) electrons. The molecule has 4 aliphatic carbocycles. The van der Waals surface area contributed by atoms with Gasteiger partial charge in [-0.15, -0.1) is 0 Å². The minimum absolute atomic E-state index is 0.131.